The Hall–Kier alpha value is -2.15. The van der Waals surface area contributed by atoms with Gasteiger partial charge in [0.05, 0.1) is 5.56 Å². The number of carbonyl (C=O) groups is 2. The summed E-state index contributed by atoms with van der Waals surface area (Å²) < 4.78 is 4.99. The number of piperidine rings is 3. The maximum Gasteiger partial charge on any atom is 0.252 e. The number of amides is 2. The van der Waals surface area contributed by atoms with E-state index >= 15 is 0 Å². The zero-order chi connectivity index (χ0) is 19.5. The van der Waals surface area contributed by atoms with E-state index in [1.165, 1.54) is 6.42 Å². The van der Waals surface area contributed by atoms with Crippen LogP contribution in [0.15, 0.2) is 18.3 Å². The summed E-state index contributed by atoms with van der Waals surface area (Å²) in [6.45, 7) is 4.00. The van der Waals surface area contributed by atoms with Gasteiger partial charge in [-0.15, -0.1) is 0 Å². The van der Waals surface area contributed by atoms with Crippen molar-refractivity contribution in [3.05, 3.63) is 23.9 Å². The lowest BCUT2D eigenvalue weighted by atomic mass is 9.76. The summed E-state index contributed by atoms with van der Waals surface area (Å²) in [5.41, 5.74) is 0.586. The lowest BCUT2D eigenvalue weighted by molar-refractivity contribution is -0.142. The molecule has 0 radical (unpaired) electrons. The molecule has 0 aromatic carbocycles. The van der Waals surface area contributed by atoms with Gasteiger partial charge in [-0.1, -0.05) is 0 Å². The molecule has 152 valence electrons. The Kier molecular flexibility index (Phi) is 5.80. The van der Waals surface area contributed by atoms with Gasteiger partial charge in [-0.25, -0.2) is 4.98 Å². The van der Waals surface area contributed by atoms with Crippen LogP contribution in [0.2, 0.25) is 0 Å². The Bertz CT molecular complexity index is 708. The van der Waals surface area contributed by atoms with Crippen LogP contribution < -0.4 is 10.2 Å². The molecule has 2 bridgehead atoms. The summed E-state index contributed by atoms with van der Waals surface area (Å²) >= 11 is 0. The lowest BCUT2D eigenvalue weighted by Crippen LogP contribution is -2.60. The molecule has 1 N–H and O–H groups in total. The maximum absolute atomic E-state index is 12.3. The van der Waals surface area contributed by atoms with Crippen LogP contribution in [-0.2, 0) is 9.53 Å². The molecule has 3 atom stereocenters. The van der Waals surface area contributed by atoms with Crippen LogP contribution >= 0.6 is 0 Å². The molecule has 3 aliphatic rings. The van der Waals surface area contributed by atoms with Gasteiger partial charge in [-0.05, 0) is 49.7 Å². The molecule has 3 saturated heterocycles. The number of hydrogen-bond donors (Lipinski definition) is 1. The molecule has 4 rings (SSSR count). The van der Waals surface area contributed by atoms with Crippen LogP contribution in [0.1, 0.15) is 42.5 Å². The molecular weight excluding hydrogens is 356 g/mol. The van der Waals surface area contributed by atoms with Crippen LogP contribution in [0, 0.1) is 11.8 Å². The predicted octanol–water partition coefficient (Wildman–Crippen LogP) is 1.69. The maximum atomic E-state index is 12.3. The van der Waals surface area contributed by atoms with Gasteiger partial charge in [-0.3, -0.25) is 9.59 Å². The number of nitrogens with zero attached hydrogens (tertiary/aromatic N) is 3. The summed E-state index contributed by atoms with van der Waals surface area (Å²) in [4.78, 5) is 33.6. The highest BCUT2D eigenvalue weighted by Gasteiger charge is 2.44. The van der Waals surface area contributed by atoms with Crippen LogP contribution in [0.5, 0.6) is 0 Å². The van der Waals surface area contributed by atoms with Crippen LogP contribution in [0.3, 0.4) is 0 Å². The molecule has 2 unspecified atom stereocenters. The number of carbonyl (C=O) groups excluding carboxylic acids is 2. The number of rotatable bonds is 6. The van der Waals surface area contributed by atoms with Crippen molar-refractivity contribution in [1.29, 1.82) is 0 Å². The molecule has 1 aromatic rings. The van der Waals surface area contributed by atoms with Crippen LogP contribution in [0.4, 0.5) is 5.82 Å². The fraction of sp³-hybridized carbons (Fsp3) is 0.667. The fourth-order valence-corrected chi connectivity index (χ4v) is 5.02. The number of pyridine rings is 1. The topological polar surface area (TPSA) is 74.8 Å². The minimum atomic E-state index is -0.0953. The van der Waals surface area contributed by atoms with E-state index < -0.39 is 0 Å². The van der Waals surface area contributed by atoms with Crippen molar-refractivity contribution in [3.8, 4) is 0 Å². The van der Waals surface area contributed by atoms with Crippen molar-refractivity contribution in [2.75, 3.05) is 44.8 Å². The average Bonchev–Trinajstić information content (AvgIpc) is 2.72. The van der Waals surface area contributed by atoms with Gasteiger partial charge in [0.1, 0.15) is 5.82 Å². The molecule has 28 heavy (non-hydrogen) atoms. The number of nitrogens with one attached hydrogen (secondary N) is 1. The van der Waals surface area contributed by atoms with E-state index in [1.807, 2.05) is 12.1 Å². The average molecular weight is 386 g/mol. The first-order valence-electron chi connectivity index (χ1n) is 10.4. The van der Waals surface area contributed by atoms with Gasteiger partial charge in [-0.2, -0.15) is 0 Å². The Morgan fingerprint density at radius 3 is 3.00 bits per heavy atom. The second-order valence-corrected chi connectivity index (χ2v) is 8.28. The zero-order valence-corrected chi connectivity index (χ0v) is 16.6. The SMILES string of the molecule is COCCCNC(=O)c1ccc(N2CC3CC(C2)[C@H]2CCCC(=O)N2C3)nc1. The first kappa shape index (κ1) is 19.2. The molecule has 1 aromatic heterocycles. The number of hydrogen-bond acceptors (Lipinski definition) is 5. The highest BCUT2D eigenvalue weighted by Crippen LogP contribution is 2.38. The summed E-state index contributed by atoms with van der Waals surface area (Å²) in [5, 5.41) is 2.89. The van der Waals surface area contributed by atoms with Gasteiger partial charge in [0.2, 0.25) is 5.91 Å². The second-order valence-electron chi connectivity index (χ2n) is 8.28. The van der Waals surface area contributed by atoms with Crippen molar-refractivity contribution in [3.63, 3.8) is 0 Å². The van der Waals surface area contributed by atoms with Crippen LogP contribution in [-0.4, -0.2) is 67.6 Å². The largest absolute Gasteiger partial charge is 0.385 e. The van der Waals surface area contributed by atoms with Crippen LogP contribution in [0.25, 0.3) is 0 Å². The molecule has 4 heterocycles. The van der Waals surface area contributed by atoms with Crippen molar-refractivity contribution < 1.29 is 14.3 Å². The molecule has 3 fully saturated rings. The summed E-state index contributed by atoms with van der Waals surface area (Å²) in [6.07, 6.45) is 6.55. The van der Waals surface area contributed by atoms with Gasteiger partial charge in [0.15, 0.2) is 0 Å². The van der Waals surface area contributed by atoms with E-state index in [1.54, 1.807) is 13.3 Å². The number of fused-ring (bicyclic) bond motifs is 4. The number of anilines is 1. The molecule has 3 aliphatic heterocycles. The van der Waals surface area contributed by atoms with E-state index in [4.69, 9.17) is 4.74 Å². The summed E-state index contributed by atoms with van der Waals surface area (Å²) in [6, 6.07) is 4.21. The van der Waals surface area contributed by atoms with E-state index in [0.717, 1.165) is 51.1 Å². The monoisotopic (exact) mass is 386 g/mol. The smallest absolute Gasteiger partial charge is 0.252 e. The molecule has 0 saturated carbocycles. The Morgan fingerprint density at radius 2 is 2.21 bits per heavy atom. The van der Waals surface area contributed by atoms with E-state index in [2.05, 4.69) is 20.1 Å². The first-order valence-corrected chi connectivity index (χ1v) is 10.4. The first-order chi connectivity index (χ1) is 13.7. The van der Waals surface area contributed by atoms with Gasteiger partial charge >= 0.3 is 0 Å². The predicted molar refractivity (Wildman–Crippen MR) is 106 cm³/mol. The fourth-order valence-electron chi connectivity index (χ4n) is 5.02. The quantitative estimate of drug-likeness (QED) is 0.753. The van der Waals surface area contributed by atoms with Gasteiger partial charge in [0.25, 0.3) is 5.91 Å². The zero-order valence-electron chi connectivity index (χ0n) is 16.6. The molecule has 7 nitrogen and oxygen atoms in total. The van der Waals surface area contributed by atoms with E-state index in [9.17, 15) is 9.59 Å². The van der Waals surface area contributed by atoms with Gasteiger partial charge < -0.3 is 19.9 Å². The number of aromatic nitrogens is 1. The standard InChI is InChI=1S/C21H30N4O3/c1-28-9-3-8-22-21(27)16-6-7-19(23-11-16)24-12-15-10-17(14-24)18-4-2-5-20(26)25(18)13-15/h6-7,11,15,17-18H,2-5,8-10,12-14H2,1H3,(H,22,27)/t15?,17?,18-/m1/s1. The van der Waals surface area contributed by atoms with Crippen molar-refractivity contribution in [1.82, 2.24) is 15.2 Å². The van der Waals surface area contributed by atoms with Crippen molar-refractivity contribution in [2.24, 2.45) is 11.8 Å². The van der Waals surface area contributed by atoms with Crippen molar-refractivity contribution >= 4 is 17.6 Å². The highest BCUT2D eigenvalue weighted by molar-refractivity contribution is 5.94. The number of methoxy groups -OCH3 is 1. The molecule has 0 spiro atoms. The molecule has 7 heteroatoms. The Balaban J connectivity index is 1.37. The van der Waals surface area contributed by atoms with E-state index in [-0.39, 0.29) is 5.91 Å². The highest BCUT2D eigenvalue weighted by atomic mass is 16.5. The second kappa shape index (κ2) is 8.47. The lowest BCUT2D eigenvalue weighted by Gasteiger charge is -2.52. The minimum absolute atomic E-state index is 0.0953. The van der Waals surface area contributed by atoms with Gasteiger partial charge in [0, 0.05) is 58.6 Å². The van der Waals surface area contributed by atoms with E-state index in [0.29, 0.717) is 42.5 Å². The van der Waals surface area contributed by atoms with Crippen molar-refractivity contribution in [2.45, 2.75) is 38.1 Å². The Labute approximate surface area is 166 Å². The summed E-state index contributed by atoms with van der Waals surface area (Å²) in [5.74, 6) is 2.23. The minimum Gasteiger partial charge on any atom is -0.385 e. The third kappa shape index (κ3) is 3.99. The molecule has 2 amide bonds. The molecular formula is C21H30N4O3. The normalized spacial score (nSPS) is 26.8. The third-order valence-electron chi connectivity index (χ3n) is 6.32. The summed E-state index contributed by atoms with van der Waals surface area (Å²) in [7, 11) is 1.66. The number of ether oxygens (including phenoxy) is 1. The third-order valence-corrected chi connectivity index (χ3v) is 6.32. The molecule has 0 aliphatic carbocycles. The Morgan fingerprint density at radius 1 is 1.32 bits per heavy atom.